The van der Waals surface area contributed by atoms with Gasteiger partial charge in [0.1, 0.15) is 5.69 Å². The maximum Gasteiger partial charge on any atom is 0.321 e. The Kier molecular flexibility index (Phi) is 4.78. The lowest BCUT2D eigenvalue weighted by Gasteiger charge is -2.44. The number of pyridine rings is 1. The summed E-state index contributed by atoms with van der Waals surface area (Å²) < 4.78 is 0. The first-order valence-electron chi connectivity index (χ1n) is 12.4. The molecule has 2 aromatic heterocycles. The highest BCUT2D eigenvalue weighted by Gasteiger charge is 2.65. The molecule has 34 heavy (non-hydrogen) atoms. The number of carbonyl (C=O) groups is 2. The number of rotatable bonds is 2. The first-order chi connectivity index (χ1) is 16.3. The van der Waals surface area contributed by atoms with Crippen molar-refractivity contribution >= 4 is 17.8 Å². The molecule has 0 bridgehead atoms. The summed E-state index contributed by atoms with van der Waals surface area (Å²) in [7, 11) is 0. The van der Waals surface area contributed by atoms with Gasteiger partial charge in [-0.25, -0.2) is 9.78 Å². The molecule has 1 aliphatic carbocycles. The molecular formula is C25H33N7O2. The molecule has 2 saturated heterocycles. The van der Waals surface area contributed by atoms with Crippen molar-refractivity contribution in [2.24, 2.45) is 5.92 Å². The normalized spacial score (nSPS) is 29.9. The summed E-state index contributed by atoms with van der Waals surface area (Å²) in [5.74, 6) is 0.573. The fourth-order valence-corrected chi connectivity index (χ4v) is 6.52. The zero-order valence-corrected chi connectivity index (χ0v) is 20.4. The Bertz CT molecular complexity index is 1160. The SMILES string of the molecule is Cc1cc(C)nc(C(=O)Nc2n[nH]c3c2CN(C(=O)N2C[C@@H]4CCCN4C[C@@H]2C)C32CC2C)c1. The number of carbonyl (C=O) groups excluding carboxylic acids is 2. The number of fused-ring (bicyclic) bond motifs is 3. The van der Waals surface area contributed by atoms with Crippen LogP contribution in [0.15, 0.2) is 12.1 Å². The van der Waals surface area contributed by atoms with Gasteiger partial charge in [-0.2, -0.15) is 5.10 Å². The van der Waals surface area contributed by atoms with Crippen LogP contribution in [-0.2, 0) is 12.1 Å². The van der Waals surface area contributed by atoms with Crippen molar-refractivity contribution in [3.63, 3.8) is 0 Å². The van der Waals surface area contributed by atoms with E-state index in [0.717, 1.165) is 48.6 Å². The molecule has 3 amide bonds. The monoisotopic (exact) mass is 463 g/mol. The Hall–Kier alpha value is -2.94. The van der Waals surface area contributed by atoms with E-state index in [4.69, 9.17) is 0 Å². The topological polar surface area (TPSA) is 97.5 Å². The number of urea groups is 1. The lowest BCUT2D eigenvalue weighted by Crippen LogP contribution is -2.60. The van der Waals surface area contributed by atoms with E-state index in [1.807, 2.05) is 24.8 Å². The van der Waals surface area contributed by atoms with E-state index >= 15 is 0 Å². The van der Waals surface area contributed by atoms with Gasteiger partial charge in [0, 0.05) is 36.4 Å². The molecular weight excluding hydrogens is 430 g/mol. The number of anilines is 1. The summed E-state index contributed by atoms with van der Waals surface area (Å²) in [6, 6.07) is 4.51. The average molecular weight is 464 g/mol. The third kappa shape index (κ3) is 3.16. The lowest BCUT2D eigenvalue weighted by atomic mass is 10.1. The van der Waals surface area contributed by atoms with Gasteiger partial charge in [0.2, 0.25) is 0 Å². The third-order valence-electron chi connectivity index (χ3n) is 8.35. The van der Waals surface area contributed by atoms with E-state index in [9.17, 15) is 9.59 Å². The standard InChI is InChI=1S/C25H33N7O2/c1-14-8-16(3)26-20(9-14)23(33)27-22-19-13-32(25(10-15(25)2)21(19)28-29-22)24(34)31-12-18-6-5-7-30(18)11-17(31)4/h8-9,15,17-18H,5-7,10-13H2,1-4H3,(H2,27,28,29,33)/t15?,17-,18-,25?/m0/s1. The van der Waals surface area contributed by atoms with Gasteiger partial charge < -0.3 is 15.1 Å². The first-order valence-corrected chi connectivity index (χ1v) is 12.4. The minimum absolute atomic E-state index is 0.112. The summed E-state index contributed by atoms with van der Waals surface area (Å²) in [6.07, 6.45) is 3.31. The number of aromatic nitrogens is 3. The number of aryl methyl sites for hydroxylation is 2. The minimum atomic E-state index is -0.340. The molecule has 2 unspecified atom stereocenters. The predicted octanol–water partition coefficient (Wildman–Crippen LogP) is 3.01. The van der Waals surface area contributed by atoms with Crippen LogP contribution < -0.4 is 5.32 Å². The number of amides is 3. The van der Waals surface area contributed by atoms with E-state index < -0.39 is 0 Å². The van der Waals surface area contributed by atoms with Crippen LogP contribution in [0, 0.1) is 19.8 Å². The Labute approximate surface area is 199 Å². The smallest absolute Gasteiger partial charge is 0.319 e. The zero-order chi connectivity index (χ0) is 23.8. The molecule has 1 saturated carbocycles. The molecule has 9 heteroatoms. The molecule has 2 N–H and O–H groups in total. The highest BCUT2D eigenvalue weighted by atomic mass is 16.2. The quantitative estimate of drug-likeness (QED) is 0.714. The van der Waals surface area contributed by atoms with E-state index in [-0.39, 0.29) is 23.5 Å². The minimum Gasteiger partial charge on any atom is -0.319 e. The summed E-state index contributed by atoms with van der Waals surface area (Å²) in [4.78, 5) is 37.9. The molecule has 4 aliphatic rings. The van der Waals surface area contributed by atoms with E-state index in [1.54, 1.807) is 6.07 Å². The largest absolute Gasteiger partial charge is 0.321 e. The fraction of sp³-hybridized carbons (Fsp3) is 0.600. The molecule has 6 rings (SSSR count). The molecule has 0 aromatic carbocycles. The van der Waals surface area contributed by atoms with Crippen molar-refractivity contribution in [1.29, 1.82) is 0 Å². The Morgan fingerprint density at radius 2 is 2.00 bits per heavy atom. The zero-order valence-electron chi connectivity index (χ0n) is 20.4. The number of hydrogen-bond donors (Lipinski definition) is 2. The number of nitrogens with zero attached hydrogens (tertiary/aromatic N) is 5. The van der Waals surface area contributed by atoms with Gasteiger partial charge in [-0.3, -0.25) is 14.8 Å². The van der Waals surface area contributed by atoms with Gasteiger partial charge in [0.25, 0.3) is 5.91 Å². The van der Waals surface area contributed by atoms with Crippen LogP contribution in [0.1, 0.15) is 66.1 Å². The predicted molar refractivity (Wildman–Crippen MR) is 127 cm³/mol. The number of nitrogens with one attached hydrogen (secondary N) is 2. The van der Waals surface area contributed by atoms with Crippen molar-refractivity contribution in [2.45, 2.75) is 71.1 Å². The van der Waals surface area contributed by atoms with E-state index in [0.29, 0.717) is 30.0 Å². The first kappa shape index (κ1) is 21.6. The fourth-order valence-electron chi connectivity index (χ4n) is 6.52. The van der Waals surface area contributed by atoms with Crippen molar-refractivity contribution in [3.05, 3.63) is 40.3 Å². The molecule has 0 radical (unpaired) electrons. The lowest BCUT2D eigenvalue weighted by molar-refractivity contribution is 0.0525. The third-order valence-corrected chi connectivity index (χ3v) is 8.35. The molecule has 9 nitrogen and oxygen atoms in total. The van der Waals surface area contributed by atoms with Gasteiger partial charge in [0.15, 0.2) is 5.82 Å². The number of hydrogen-bond acceptors (Lipinski definition) is 5. The second kappa shape index (κ2) is 7.53. The summed E-state index contributed by atoms with van der Waals surface area (Å²) in [6.45, 7) is 11.5. The molecule has 4 atom stereocenters. The van der Waals surface area contributed by atoms with Gasteiger partial charge in [-0.15, -0.1) is 0 Å². The summed E-state index contributed by atoms with van der Waals surface area (Å²) >= 11 is 0. The Morgan fingerprint density at radius 3 is 2.74 bits per heavy atom. The Balaban J connectivity index is 1.25. The molecule has 1 spiro atoms. The van der Waals surface area contributed by atoms with Crippen LogP contribution in [0.3, 0.4) is 0 Å². The van der Waals surface area contributed by atoms with Crippen LogP contribution in [0.2, 0.25) is 0 Å². The highest BCUT2D eigenvalue weighted by Crippen LogP contribution is 2.61. The molecule has 3 fully saturated rings. The number of H-pyrrole nitrogens is 1. The Morgan fingerprint density at radius 1 is 1.21 bits per heavy atom. The molecule has 180 valence electrons. The number of aromatic amines is 1. The second-order valence-corrected chi connectivity index (χ2v) is 10.7. The van der Waals surface area contributed by atoms with Gasteiger partial charge >= 0.3 is 6.03 Å². The molecule has 5 heterocycles. The van der Waals surface area contributed by atoms with Crippen molar-refractivity contribution in [2.75, 3.05) is 25.0 Å². The van der Waals surface area contributed by atoms with Crippen molar-refractivity contribution < 1.29 is 9.59 Å². The number of piperazine rings is 1. The van der Waals surface area contributed by atoms with Crippen LogP contribution in [0.5, 0.6) is 0 Å². The van der Waals surface area contributed by atoms with Crippen LogP contribution in [0.25, 0.3) is 0 Å². The van der Waals surface area contributed by atoms with Crippen LogP contribution in [-0.4, -0.2) is 73.5 Å². The summed E-state index contributed by atoms with van der Waals surface area (Å²) in [5, 5.41) is 10.6. The second-order valence-electron chi connectivity index (χ2n) is 10.7. The summed E-state index contributed by atoms with van der Waals surface area (Å²) in [5.41, 5.74) is 3.72. The average Bonchev–Trinajstić information content (AvgIpc) is 3.13. The van der Waals surface area contributed by atoms with Gasteiger partial charge in [0.05, 0.1) is 17.8 Å². The van der Waals surface area contributed by atoms with Gasteiger partial charge in [-0.1, -0.05) is 6.92 Å². The van der Waals surface area contributed by atoms with E-state index in [1.165, 1.54) is 12.8 Å². The maximum absolute atomic E-state index is 13.9. The van der Waals surface area contributed by atoms with Gasteiger partial charge in [-0.05, 0) is 70.2 Å². The van der Waals surface area contributed by atoms with Crippen LogP contribution in [0.4, 0.5) is 10.6 Å². The van der Waals surface area contributed by atoms with Crippen molar-refractivity contribution in [3.8, 4) is 0 Å². The highest BCUT2D eigenvalue weighted by molar-refractivity contribution is 6.03. The maximum atomic E-state index is 13.9. The van der Waals surface area contributed by atoms with Crippen molar-refractivity contribution in [1.82, 2.24) is 29.9 Å². The van der Waals surface area contributed by atoms with Crippen LogP contribution >= 0.6 is 0 Å². The van der Waals surface area contributed by atoms with E-state index in [2.05, 4.69) is 44.1 Å². The molecule has 3 aliphatic heterocycles. The molecule has 2 aromatic rings.